The molecule has 2 aromatic rings. The lowest BCUT2D eigenvalue weighted by Crippen LogP contribution is -2.23. The second-order valence-electron chi connectivity index (χ2n) is 5.68. The number of carbonyl (C=O) groups excluding carboxylic acids is 1. The van der Waals surface area contributed by atoms with Gasteiger partial charge in [0.05, 0.1) is 12.2 Å². The number of carbonyl (C=O) groups is 1. The van der Waals surface area contributed by atoms with E-state index in [9.17, 15) is 4.79 Å². The van der Waals surface area contributed by atoms with Crippen molar-refractivity contribution >= 4 is 17.2 Å². The van der Waals surface area contributed by atoms with E-state index in [4.69, 9.17) is 0 Å². The fourth-order valence-corrected chi connectivity index (χ4v) is 3.04. The maximum Gasteiger partial charge on any atom is 0.251 e. The van der Waals surface area contributed by atoms with Crippen LogP contribution in [0.25, 0.3) is 0 Å². The second kappa shape index (κ2) is 8.22. The van der Waals surface area contributed by atoms with E-state index in [1.54, 1.807) is 11.3 Å². The zero-order valence-corrected chi connectivity index (χ0v) is 15.2. The van der Waals surface area contributed by atoms with Crippen molar-refractivity contribution in [3.05, 3.63) is 51.0 Å². The van der Waals surface area contributed by atoms with Crippen molar-refractivity contribution < 1.29 is 4.79 Å². The fourth-order valence-electron chi connectivity index (χ4n) is 2.32. The van der Waals surface area contributed by atoms with Gasteiger partial charge in [-0.2, -0.15) is 0 Å². The molecule has 0 spiro atoms. The van der Waals surface area contributed by atoms with E-state index in [1.807, 2.05) is 32.0 Å². The van der Waals surface area contributed by atoms with Crippen molar-refractivity contribution in [3.63, 3.8) is 0 Å². The number of hydrogen-bond donors (Lipinski definition) is 1. The van der Waals surface area contributed by atoms with Crippen molar-refractivity contribution in [2.24, 2.45) is 0 Å². The van der Waals surface area contributed by atoms with Gasteiger partial charge < -0.3 is 5.32 Å². The molecule has 0 bridgehead atoms. The van der Waals surface area contributed by atoms with Gasteiger partial charge in [-0.15, -0.1) is 11.3 Å². The van der Waals surface area contributed by atoms with Crippen LogP contribution in [0.5, 0.6) is 0 Å². The Bertz CT molecular complexity index is 662. The quantitative estimate of drug-likeness (QED) is 0.844. The van der Waals surface area contributed by atoms with E-state index >= 15 is 0 Å². The predicted octanol–water partition coefficient (Wildman–Crippen LogP) is 3.53. The second-order valence-corrected chi connectivity index (χ2v) is 6.62. The summed E-state index contributed by atoms with van der Waals surface area (Å²) in [7, 11) is 0. The molecule has 1 amide bonds. The Morgan fingerprint density at radius 3 is 2.61 bits per heavy atom. The number of rotatable bonds is 7. The summed E-state index contributed by atoms with van der Waals surface area (Å²) in [5.41, 5.74) is 4.11. The van der Waals surface area contributed by atoms with Crippen LogP contribution in [0.3, 0.4) is 0 Å². The topological polar surface area (TPSA) is 45.2 Å². The lowest BCUT2D eigenvalue weighted by molar-refractivity contribution is 0.0950. The van der Waals surface area contributed by atoms with E-state index in [-0.39, 0.29) is 5.91 Å². The molecule has 4 nitrogen and oxygen atoms in total. The summed E-state index contributed by atoms with van der Waals surface area (Å²) >= 11 is 1.60. The molecule has 0 saturated heterocycles. The summed E-state index contributed by atoms with van der Waals surface area (Å²) < 4.78 is 0. The largest absolute Gasteiger partial charge is 0.346 e. The van der Waals surface area contributed by atoms with Crippen LogP contribution in [0.15, 0.2) is 23.6 Å². The Labute approximate surface area is 142 Å². The molecule has 5 heteroatoms. The van der Waals surface area contributed by atoms with Crippen LogP contribution in [0.4, 0.5) is 0 Å². The number of aromatic nitrogens is 1. The molecule has 0 unspecified atom stereocenters. The molecular formula is C18H25N3OS. The van der Waals surface area contributed by atoms with Gasteiger partial charge in [0.1, 0.15) is 5.01 Å². The Morgan fingerprint density at radius 2 is 1.96 bits per heavy atom. The number of thiazole rings is 1. The minimum atomic E-state index is -0.0476. The Kier molecular flexibility index (Phi) is 6.30. The van der Waals surface area contributed by atoms with Crippen molar-refractivity contribution in [2.75, 3.05) is 13.1 Å². The Balaban J connectivity index is 1.91. The van der Waals surface area contributed by atoms with Crippen LogP contribution < -0.4 is 5.32 Å². The molecule has 124 valence electrons. The summed E-state index contributed by atoms with van der Waals surface area (Å²) in [4.78, 5) is 19.1. The molecule has 0 saturated carbocycles. The van der Waals surface area contributed by atoms with Crippen molar-refractivity contribution in [1.29, 1.82) is 0 Å². The first-order valence-corrected chi connectivity index (χ1v) is 8.92. The third kappa shape index (κ3) is 4.88. The molecule has 1 N–H and O–H groups in total. The summed E-state index contributed by atoms with van der Waals surface area (Å²) in [5, 5.41) is 5.98. The third-order valence-corrected chi connectivity index (χ3v) is 4.95. The van der Waals surface area contributed by atoms with E-state index in [1.165, 1.54) is 5.56 Å². The number of hydrogen-bond acceptors (Lipinski definition) is 4. The molecule has 1 aromatic heterocycles. The summed E-state index contributed by atoms with van der Waals surface area (Å²) in [6, 6.07) is 5.78. The highest BCUT2D eigenvalue weighted by Gasteiger charge is 2.09. The smallest absolute Gasteiger partial charge is 0.251 e. The molecule has 2 rings (SSSR count). The molecule has 0 atom stereocenters. The fraction of sp³-hybridized carbons (Fsp3) is 0.444. The van der Waals surface area contributed by atoms with Crippen LogP contribution in [0.1, 0.15) is 46.0 Å². The number of benzene rings is 1. The number of amides is 1. The molecular weight excluding hydrogens is 306 g/mol. The van der Waals surface area contributed by atoms with Crippen molar-refractivity contribution in [3.8, 4) is 0 Å². The highest BCUT2D eigenvalue weighted by atomic mass is 32.1. The summed E-state index contributed by atoms with van der Waals surface area (Å²) in [6.07, 6.45) is 0. The zero-order chi connectivity index (χ0) is 16.8. The van der Waals surface area contributed by atoms with Gasteiger partial charge in [-0.3, -0.25) is 9.69 Å². The average Bonchev–Trinajstić information content (AvgIpc) is 3.00. The van der Waals surface area contributed by atoms with Crippen LogP contribution in [-0.4, -0.2) is 28.9 Å². The normalized spacial score (nSPS) is 11.0. The first kappa shape index (κ1) is 17.6. The van der Waals surface area contributed by atoms with E-state index in [0.29, 0.717) is 12.1 Å². The van der Waals surface area contributed by atoms with Crippen LogP contribution in [0, 0.1) is 13.8 Å². The highest BCUT2D eigenvalue weighted by Crippen LogP contribution is 2.13. The molecule has 0 aliphatic rings. The Morgan fingerprint density at radius 1 is 1.22 bits per heavy atom. The van der Waals surface area contributed by atoms with Gasteiger partial charge in [0.15, 0.2) is 0 Å². The molecule has 1 aromatic carbocycles. The van der Waals surface area contributed by atoms with Gasteiger partial charge in [-0.05, 0) is 50.2 Å². The van der Waals surface area contributed by atoms with Crippen LogP contribution >= 0.6 is 11.3 Å². The summed E-state index contributed by atoms with van der Waals surface area (Å²) in [6.45, 7) is 11.8. The number of aryl methyl sites for hydroxylation is 2. The average molecular weight is 331 g/mol. The first-order chi connectivity index (χ1) is 11.0. The standard InChI is InChI=1S/C18H25N3OS/c1-5-21(6-2)11-16-12-23-17(20-16)10-19-18(22)15-8-7-13(3)14(4)9-15/h7-9,12H,5-6,10-11H2,1-4H3,(H,19,22). The first-order valence-electron chi connectivity index (χ1n) is 8.04. The van der Waals surface area contributed by atoms with Crippen LogP contribution in [-0.2, 0) is 13.1 Å². The lowest BCUT2D eigenvalue weighted by atomic mass is 10.1. The van der Waals surface area contributed by atoms with E-state index in [2.05, 4.69) is 34.4 Å². The molecule has 0 aliphatic heterocycles. The molecule has 0 radical (unpaired) electrons. The van der Waals surface area contributed by atoms with E-state index < -0.39 is 0 Å². The van der Waals surface area contributed by atoms with Crippen LogP contribution in [0.2, 0.25) is 0 Å². The number of nitrogens with one attached hydrogen (secondary N) is 1. The maximum atomic E-state index is 12.2. The van der Waals surface area contributed by atoms with Gasteiger partial charge in [0, 0.05) is 17.5 Å². The van der Waals surface area contributed by atoms with Gasteiger partial charge in [0.25, 0.3) is 5.91 Å². The maximum absolute atomic E-state index is 12.2. The molecule has 0 aliphatic carbocycles. The van der Waals surface area contributed by atoms with E-state index in [0.717, 1.165) is 35.9 Å². The minimum Gasteiger partial charge on any atom is -0.346 e. The Hall–Kier alpha value is -1.72. The van der Waals surface area contributed by atoms with Gasteiger partial charge in [0.2, 0.25) is 0 Å². The summed E-state index contributed by atoms with van der Waals surface area (Å²) in [5.74, 6) is -0.0476. The molecule has 23 heavy (non-hydrogen) atoms. The van der Waals surface area contributed by atoms with Gasteiger partial charge in [-0.25, -0.2) is 4.98 Å². The monoisotopic (exact) mass is 331 g/mol. The van der Waals surface area contributed by atoms with Crippen molar-refractivity contribution in [2.45, 2.75) is 40.8 Å². The highest BCUT2D eigenvalue weighted by molar-refractivity contribution is 7.09. The number of nitrogens with zero attached hydrogens (tertiary/aromatic N) is 2. The van der Waals surface area contributed by atoms with Gasteiger partial charge in [-0.1, -0.05) is 19.9 Å². The predicted molar refractivity (Wildman–Crippen MR) is 95.8 cm³/mol. The SMILES string of the molecule is CCN(CC)Cc1csc(CNC(=O)c2ccc(C)c(C)c2)n1. The lowest BCUT2D eigenvalue weighted by Gasteiger charge is -2.15. The zero-order valence-electron chi connectivity index (χ0n) is 14.3. The molecule has 0 fully saturated rings. The third-order valence-electron chi connectivity index (χ3n) is 4.05. The van der Waals surface area contributed by atoms with Gasteiger partial charge >= 0.3 is 0 Å². The molecule has 1 heterocycles. The minimum absolute atomic E-state index is 0.0476. The van der Waals surface area contributed by atoms with Crippen molar-refractivity contribution in [1.82, 2.24) is 15.2 Å².